The molecule has 0 aliphatic carbocycles. The largest absolute Gasteiger partial charge is 0.444 e. The third kappa shape index (κ3) is 3.99. The molecule has 0 unspecified atom stereocenters. The number of amides is 1. The van der Waals surface area contributed by atoms with E-state index in [0.717, 1.165) is 4.90 Å². The molecular weight excluding hydrogens is 358 g/mol. The predicted molar refractivity (Wildman–Crippen MR) is 94.6 cm³/mol. The van der Waals surface area contributed by atoms with Crippen molar-refractivity contribution >= 4 is 29.0 Å². The molecule has 1 atom stereocenters. The number of nitrogens with zero attached hydrogens (tertiary/aromatic N) is 2. The fraction of sp³-hybridized carbons (Fsp3) is 0.421. The third-order valence-electron chi connectivity index (χ3n) is 4.69. The number of ether oxygens (including phenoxy) is 1. The van der Waals surface area contributed by atoms with Crippen LogP contribution in [0, 0.1) is 11.6 Å². The summed E-state index contributed by atoms with van der Waals surface area (Å²) in [5.41, 5.74) is -0.208. The minimum absolute atomic E-state index is 0.00217. The van der Waals surface area contributed by atoms with E-state index in [-0.39, 0.29) is 48.9 Å². The highest BCUT2D eigenvalue weighted by molar-refractivity contribution is 5.92. The van der Waals surface area contributed by atoms with Gasteiger partial charge in [0.15, 0.2) is 17.4 Å². The maximum Gasteiger partial charge on any atom is 0.414 e. The van der Waals surface area contributed by atoms with Gasteiger partial charge in [-0.2, -0.15) is 0 Å². The second-order valence-electron chi connectivity index (χ2n) is 6.50. The normalized spacial score (nSPS) is 19.6. The fourth-order valence-corrected chi connectivity index (χ4v) is 3.09. The molecule has 2 heterocycles. The minimum Gasteiger partial charge on any atom is -0.444 e. The number of rotatable bonds is 6. The van der Waals surface area contributed by atoms with Crippen molar-refractivity contribution in [2.45, 2.75) is 38.7 Å². The molecule has 0 saturated carbocycles. The standard InChI is InChI=1S/C19H20F2N2O4/c1-2-12(24)3-4-14-11-23(19(26)27-14)16-6-5-15(17(20)18(16)21)22-9-7-13(25)8-10-22/h5-7,9,14H,2-4,8,10-11H2,1H3/t14-/m0/s1. The molecule has 1 fully saturated rings. The van der Waals surface area contributed by atoms with Gasteiger partial charge in [-0.05, 0) is 24.6 Å². The van der Waals surface area contributed by atoms with Crippen molar-refractivity contribution in [3.05, 3.63) is 36.0 Å². The molecular formula is C19H20F2N2O4. The number of benzene rings is 1. The second-order valence-corrected chi connectivity index (χ2v) is 6.50. The lowest BCUT2D eigenvalue weighted by atomic mass is 10.1. The lowest BCUT2D eigenvalue weighted by molar-refractivity contribution is -0.119. The number of hydrogen-bond acceptors (Lipinski definition) is 5. The molecule has 1 aromatic carbocycles. The van der Waals surface area contributed by atoms with Gasteiger partial charge in [0.25, 0.3) is 0 Å². The second kappa shape index (κ2) is 7.85. The van der Waals surface area contributed by atoms with Gasteiger partial charge in [-0.25, -0.2) is 13.6 Å². The van der Waals surface area contributed by atoms with Crippen LogP contribution in [-0.2, 0) is 14.3 Å². The van der Waals surface area contributed by atoms with E-state index in [0.29, 0.717) is 12.8 Å². The molecule has 0 radical (unpaired) electrons. The van der Waals surface area contributed by atoms with Crippen LogP contribution in [0.2, 0.25) is 0 Å². The van der Waals surface area contributed by atoms with Crippen molar-refractivity contribution in [2.75, 3.05) is 22.9 Å². The molecule has 3 rings (SSSR count). The average Bonchev–Trinajstić information content (AvgIpc) is 3.03. The Labute approximate surface area is 155 Å². The summed E-state index contributed by atoms with van der Waals surface area (Å²) in [5.74, 6) is -2.26. The number of carbonyl (C=O) groups excluding carboxylic acids is 3. The Kier molecular flexibility index (Phi) is 5.53. The van der Waals surface area contributed by atoms with E-state index in [2.05, 4.69) is 0 Å². The number of halogens is 2. The van der Waals surface area contributed by atoms with Crippen LogP contribution in [0.5, 0.6) is 0 Å². The van der Waals surface area contributed by atoms with Gasteiger partial charge in [0.2, 0.25) is 0 Å². The van der Waals surface area contributed by atoms with Gasteiger partial charge >= 0.3 is 6.09 Å². The summed E-state index contributed by atoms with van der Waals surface area (Å²) in [4.78, 5) is 37.2. The van der Waals surface area contributed by atoms with Gasteiger partial charge in [-0.1, -0.05) is 6.92 Å². The Morgan fingerprint density at radius 1 is 1.22 bits per heavy atom. The van der Waals surface area contributed by atoms with Crippen LogP contribution in [0.1, 0.15) is 32.6 Å². The molecule has 0 aromatic heterocycles. The number of ketones is 2. The van der Waals surface area contributed by atoms with Crippen molar-refractivity contribution in [3.63, 3.8) is 0 Å². The minimum atomic E-state index is -1.15. The molecule has 8 heteroatoms. The Hall–Kier alpha value is -2.77. The molecule has 0 N–H and O–H groups in total. The number of carbonyl (C=O) groups is 3. The molecule has 6 nitrogen and oxygen atoms in total. The summed E-state index contributed by atoms with van der Waals surface area (Å²) in [6, 6.07) is 2.69. The smallest absolute Gasteiger partial charge is 0.414 e. The summed E-state index contributed by atoms with van der Waals surface area (Å²) >= 11 is 0. The molecule has 0 spiro atoms. The van der Waals surface area contributed by atoms with Gasteiger partial charge in [-0.15, -0.1) is 0 Å². The lowest BCUT2D eigenvalue weighted by Gasteiger charge is -2.24. The summed E-state index contributed by atoms with van der Waals surface area (Å²) in [6.45, 7) is 2.07. The van der Waals surface area contributed by atoms with Crippen LogP contribution in [0.3, 0.4) is 0 Å². The van der Waals surface area contributed by atoms with Crippen molar-refractivity contribution in [3.8, 4) is 0 Å². The summed E-state index contributed by atoms with van der Waals surface area (Å²) in [7, 11) is 0. The van der Waals surface area contributed by atoms with E-state index in [1.165, 1.54) is 29.3 Å². The third-order valence-corrected chi connectivity index (χ3v) is 4.69. The maximum atomic E-state index is 14.6. The van der Waals surface area contributed by atoms with Crippen LogP contribution in [0.25, 0.3) is 0 Å². The van der Waals surface area contributed by atoms with Gasteiger partial charge in [0.05, 0.1) is 17.9 Å². The van der Waals surface area contributed by atoms with Crippen LogP contribution in [0.4, 0.5) is 25.0 Å². The maximum absolute atomic E-state index is 14.6. The van der Waals surface area contributed by atoms with Crippen LogP contribution in [-0.4, -0.2) is 36.9 Å². The summed E-state index contributed by atoms with van der Waals surface area (Å²) < 4.78 is 34.3. The van der Waals surface area contributed by atoms with E-state index in [4.69, 9.17) is 4.74 Å². The Balaban J connectivity index is 1.76. The number of allylic oxidation sites excluding steroid dienone is 1. The van der Waals surface area contributed by atoms with E-state index in [9.17, 15) is 23.2 Å². The summed E-state index contributed by atoms with van der Waals surface area (Å²) in [6.07, 6.45) is 2.67. The zero-order chi connectivity index (χ0) is 19.6. The van der Waals surface area contributed by atoms with Crippen molar-refractivity contribution in [2.24, 2.45) is 0 Å². The van der Waals surface area contributed by atoms with Gasteiger partial charge in [0, 0.05) is 32.0 Å². The van der Waals surface area contributed by atoms with E-state index >= 15 is 0 Å². The average molecular weight is 378 g/mol. The number of anilines is 2. The number of cyclic esters (lactones) is 1. The highest BCUT2D eigenvalue weighted by atomic mass is 19.2. The SMILES string of the molecule is CCC(=O)CC[C@H]1CN(c2ccc(N3C=CC(=O)CC3)c(F)c2F)C(=O)O1. The van der Waals surface area contributed by atoms with Crippen molar-refractivity contribution < 1.29 is 27.9 Å². The Morgan fingerprint density at radius 3 is 2.59 bits per heavy atom. The first-order chi connectivity index (χ1) is 12.9. The van der Waals surface area contributed by atoms with Crippen molar-refractivity contribution in [1.29, 1.82) is 0 Å². The molecule has 27 heavy (non-hydrogen) atoms. The summed E-state index contributed by atoms with van der Waals surface area (Å²) in [5, 5.41) is 0. The highest BCUT2D eigenvalue weighted by Gasteiger charge is 2.35. The van der Waals surface area contributed by atoms with E-state index in [1.807, 2.05) is 0 Å². The first-order valence-corrected chi connectivity index (χ1v) is 8.86. The first kappa shape index (κ1) is 19.0. The first-order valence-electron chi connectivity index (χ1n) is 8.86. The molecule has 1 saturated heterocycles. The van der Waals surface area contributed by atoms with Crippen LogP contribution < -0.4 is 9.80 Å². The van der Waals surface area contributed by atoms with Gasteiger partial charge in [0.1, 0.15) is 11.9 Å². The van der Waals surface area contributed by atoms with E-state index < -0.39 is 23.8 Å². The number of Topliss-reactive ketones (excluding diaryl/α,β-unsaturated/α-hetero) is 1. The Morgan fingerprint density at radius 2 is 1.93 bits per heavy atom. The Bertz CT molecular complexity index is 809. The zero-order valence-electron chi connectivity index (χ0n) is 14.9. The van der Waals surface area contributed by atoms with Gasteiger partial charge in [-0.3, -0.25) is 14.5 Å². The quantitative estimate of drug-likeness (QED) is 0.760. The lowest BCUT2D eigenvalue weighted by Crippen LogP contribution is -2.28. The fourth-order valence-electron chi connectivity index (χ4n) is 3.09. The molecule has 1 amide bonds. The van der Waals surface area contributed by atoms with E-state index in [1.54, 1.807) is 6.92 Å². The molecule has 144 valence electrons. The monoisotopic (exact) mass is 378 g/mol. The molecule has 2 aliphatic rings. The topological polar surface area (TPSA) is 66.9 Å². The molecule has 0 bridgehead atoms. The molecule has 1 aromatic rings. The van der Waals surface area contributed by atoms with Crippen LogP contribution in [0.15, 0.2) is 24.4 Å². The van der Waals surface area contributed by atoms with Gasteiger partial charge < -0.3 is 9.64 Å². The highest BCUT2D eigenvalue weighted by Crippen LogP contribution is 2.33. The number of hydrogen-bond donors (Lipinski definition) is 0. The zero-order valence-corrected chi connectivity index (χ0v) is 14.9. The van der Waals surface area contributed by atoms with Crippen molar-refractivity contribution in [1.82, 2.24) is 0 Å². The predicted octanol–water partition coefficient (Wildman–Crippen LogP) is 3.34. The van der Waals surface area contributed by atoms with Crippen LogP contribution >= 0.6 is 0 Å². The molecule has 2 aliphatic heterocycles.